The fourth-order valence-electron chi connectivity index (χ4n) is 1.17. The Balaban J connectivity index is 2.20. The van der Waals surface area contributed by atoms with E-state index in [4.69, 9.17) is 4.84 Å². The molecule has 72 valence electrons. The van der Waals surface area contributed by atoms with E-state index in [1.165, 1.54) is 0 Å². The second kappa shape index (κ2) is 5.81. The van der Waals surface area contributed by atoms with Crippen LogP contribution in [0.25, 0.3) is 0 Å². The predicted octanol–water partition coefficient (Wildman–Crippen LogP) is 1.58. The van der Waals surface area contributed by atoms with Crippen LogP contribution in [0.4, 0.5) is 0 Å². The van der Waals surface area contributed by atoms with Crippen LogP contribution in [-0.2, 0) is 4.84 Å². The summed E-state index contributed by atoms with van der Waals surface area (Å²) in [6.45, 7) is 2.17. The van der Waals surface area contributed by atoms with Gasteiger partial charge >= 0.3 is 0 Å². The zero-order chi connectivity index (χ0) is 8.97. The number of hydroxylamine groups is 1. The van der Waals surface area contributed by atoms with Crippen molar-refractivity contribution in [1.82, 2.24) is 10.2 Å². The van der Waals surface area contributed by atoms with Gasteiger partial charge in [0.2, 0.25) is 0 Å². The number of hydrogen-bond acceptors (Lipinski definition) is 3. The summed E-state index contributed by atoms with van der Waals surface area (Å²) in [4.78, 5) is 7.68. The first-order valence-corrected chi connectivity index (χ1v) is 8.64. The van der Waals surface area contributed by atoms with Gasteiger partial charge in [-0.25, -0.2) is 0 Å². The Labute approximate surface area is 79.9 Å². The maximum absolute atomic E-state index is 5.73. The molecule has 6 heteroatoms. The highest BCUT2D eigenvalue weighted by Crippen LogP contribution is 2.55. The molecule has 0 amide bonds. The molecule has 2 unspecified atom stereocenters. The number of hydrogen-bond donors (Lipinski definition) is 1. The molecule has 0 spiro atoms. The van der Waals surface area contributed by atoms with Crippen molar-refractivity contribution in [3.05, 3.63) is 0 Å². The smallest absolute Gasteiger partial charge is 0.0821 e. The summed E-state index contributed by atoms with van der Waals surface area (Å²) in [6.07, 6.45) is 2.67. The van der Waals surface area contributed by atoms with Crippen molar-refractivity contribution in [2.24, 2.45) is 0 Å². The van der Waals surface area contributed by atoms with Crippen molar-refractivity contribution in [2.75, 3.05) is 20.1 Å². The van der Waals surface area contributed by atoms with Crippen LogP contribution in [0.1, 0.15) is 12.8 Å². The van der Waals surface area contributed by atoms with Crippen LogP contribution in [0, 0.1) is 0 Å². The largest absolute Gasteiger partial charge is 0.317 e. The summed E-state index contributed by atoms with van der Waals surface area (Å²) < 4.78 is 0. The number of rotatable bonds is 3. The molecule has 1 rings (SSSR count). The van der Waals surface area contributed by atoms with Gasteiger partial charge in [-0.3, -0.25) is 4.84 Å². The Kier molecular flexibility index (Phi) is 5.44. The van der Waals surface area contributed by atoms with E-state index in [0.717, 1.165) is 25.9 Å². The zero-order valence-electron chi connectivity index (χ0n) is 7.36. The Morgan fingerprint density at radius 3 is 2.50 bits per heavy atom. The Bertz CT molecular complexity index is 130. The van der Waals surface area contributed by atoms with Crippen molar-refractivity contribution in [1.29, 1.82) is 0 Å². The molecular weight excluding hydrogens is 209 g/mol. The molecule has 2 atom stereocenters. The third kappa shape index (κ3) is 3.92. The maximum Gasteiger partial charge on any atom is 0.0821 e. The van der Waals surface area contributed by atoms with Crippen LogP contribution in [-0.4, -0.2) is 31.1 Å². The minimum atomic E-state index is -0.263. The summed E-state index contributed by atoms with van der Waals surface area (Å²) >= 11 is 0. The van der Waals surface area contributed by atoms with E-state index in [-0.39, 0.29) is 7.45 Å². The van der Waals surface area contributed by atoms with E-state index in [1.807, 2.05) is 11.9 Å². The summed E-state index contributed by atoms with van der Waals surface area (Å²) in [5.74, 6) is 0. The van der Waals surface area contributed by atoms with Crippen LogP contribution >= 0.6 is 25.3 Å². The maximum atomic E-state index is 5.73. The van der Waals surface area contributed by atoms with E-state index in [1.54, 1.807) is 0 Å². The van der Waals surface area contributed by atoms with Crippen LogP contribution < -0.4 is 5.32 Å². The molecule has 1 aliphatic heterocycles. The molecule has 12 heavy (non-hydrogen) atoms. The molecule has 0 bridgehead atoms. The normalized spacial score (nSPS) is 20.8. The molecule has 0 radical (unpaired) electrons. The van der Waals surface area contributed by atoms with E-state index >= 15 is 0 Å². The topological polar surface area (TPSA) is 24.5 Å². The van der Waals surface area contributed by atoms with Crippen molar-refractivity contribution in [3.8, 4) is 0 Å². The quantitative estimate of drug-likeness (QED) is 0.584. The fraction of sp³-hybridized carbons (Fsp3) is 1.00. The second-order valence-corrected chi connectivity index (χ2v) is 9.19. The fourth-order valence-corrected chi connectivity index (χ4v) is 1.74. The summed E-state index contributed by atoms with van der Waals surface area (Å²) in [7, 11) is 7.23. The van der Waals surface area contributed by atoms with Gasteiger partial charge in [-0.05, 0) is 25.9 Å². The van der Waals surface area contributed by atoms with Crippen molar-refractivity contribution in [2.45, 2.75) is 18.9 Å². The first-order valence-electron chi connectivity index (χ1n) is 4.11. The van der Waals surface area contributed by atoms with Gasteiger partial charge in [0.15, 0.2) is 0 Å². The molecule has 1 saturated heterocycles. The third-order valence-corrected chi connectivity index (χ3v) is 4.61. The van der Waals surface area contributed by atoms with Crippen LogP contribution in [0.5, 0.6) is 0 Å². The highest BCUT2D eigenvalue weighted by atomic mass is 32.4. The summed E-state index contributed by atoms with van der Waals surface area (Å²) in [5.41, 5.74) is 0. The minimum absolute atomic E-state index is 0.263. The van der Waals surface area contributed by atoms with Gasteiger partial charge in [0.1, 0.15) is 0 Å². The van der Waals surface area contributed by atoms with Crippen molar-refractivity contribution in [3.63, 3.8) is 0 Å². The lowest BCUT2D eigenvalue weighted by molar-refractivity contribution is -0.120. The molecule has 1 N–H and O–H groups in total. The third-order valence-electron chi connectivity index (χ3n) is 1.91. The molecule has 1 heterocycles. The Hall–Kier alpha value is 1.17. The van der Waals surface area contributed by atoms with Gasteiger partial charge in [-0.2, -0.15) is 4.83 Å². The number of nitrogens with one attached hydrogen (secondary N) is 1. The van der Waals surface area contributed by atoms with Gasteiger partial charge in [-0.15, -0.1) is 0 Å². The van der Waals surface area contributed by atoms with Gasteiger partial charge in [0.25, 0.3) is 0 Å². The van der Waals surface area contributed by atoms with Crippen LogP contribution in [0.2, 0.25) is 0 Å². The first-order chi connectivity index (χ1) is 5.70. The Morgan fingerprint density at radius 2 is 2.00 bits per heavy atom. The number of piperidine rings is 1. The lowest BCUT2D eigenvalue weighted by atomic mass is 10.1. The minimum Gasteiger partial charge on any atom is -0.317 e. The lowest BCUT2D eigenvalue weighted by Gasteiger charge is -2.29. The SMILES string of the molecule is CN(OC1CCNCC1)P(P)P. The van der Waals surface area contributed by atoms with Crippen molar-refractivity contribution >= 4 is 25.3 Å². The lowest BCUT2D eigenvalue weighted by Crippen LogP contribution is -2.34. The average molecular weight is 226 g/mol. The predicted molar refractivity (Wildman–Crippen MR) is 61.1 cm³/mol. The van der Waals surface area contributed by atoms with Gasteiger partial charge in [0, 0.05) is 14.5 Å². The van der Waals surface area contributed by atoms with E-state index < -0.39 is 0 Å². The summed E-state index contributed by atoms with van der Waals surface area (Å²) in [6, 6.07) is 0. The monoisotopic (exact) mass is 226 g/mol. The average Bonchev–Trinajstić information content (AvgIpc) is 2.06. The highest BCUT2D eigenvalue weighted by molar-refractivity contribution is 8.42. The molecule has 1 aliphatic rings. The van der Waals surface area contributed by atoms with Gasteiger partial charge < -0.3 is 5.32 Å². The number of nitrogens with zero attached hydrogens (tertiary/aromatic N) is 1. The molecule has 0 saturated carbocycles. The molecule has 0 aromatic carbocycles. The first kappa shape index (κ1) is 11.2. The molecule has 0 aromatic rings. The van der Waals surface area contributed by atoms with E-state index in [2.05, 4.69) is 23.2 Å². The Morgan fingerprint density at radius 1 is 1.42 bits per heavy atom. The van der Waals surface area contributed by atoms with E-state index in [0.29, 0.717) is 6.10 Å². The highest BCUT2D eigenvalue weighted by Gasteiger charge is 2.16. The summed E-state index contributed by atoms with van der Waals surface area (Å²) in [5, 5.41) is 3.31. The van der Waals surface area contributed by atoms with Crippen LogP contribution in [0.3, 0.4) is 0 Å². The van der Waals surface area contributed by atoms with Crippen LogP contribution in [0.15, 0.2) is 0 Å². The molecule has 0 aromatic heterocycles. The van der Waals surface area contributed by atoms with Crippen molar-refractivity contribution < 1.29 is 4.84 Å². The standard InChI is InChI=1S/C6H17N2OP3/c1-8(12(10)11)9-6-2-4-7-5-3-6/h6-7H,2-5,10-11H2,1H3. The van der Waals surface area contributed by atoms with E-state index in [9.17, 15) is 0 Å². The molecular formula is C6H17N2OP3. The van der Waals surface area contributed by atoms with Gasteiger partial charge in [-0.1, -0.05) is 17.9 Å². The molecule has 0 aliphatic carbocycles. The zero-order valence-corrected chi connectivity index (χ0v) is 10.6. The van der Waals surface area contributed by atoms with Gasteiger partial charge in [0.05, 0.1) is 6.10 Å². The molecule has 3 nitrogen and oxygen atoms in total. The second-order valence-electron chi connectivity index (χ2n) is 2.90. The molecule has 1 fully saturated rings.